The molecular weight excluding hydrogens is 443 g/mol. The van der Waals surface area contributed by atoms with Crippen LogP contribution in [-0.4, -0.2) is 12.8 Å². The highest BCUT2D eigenvalue weighted by molar-refractivity contribution is 6.53. The molecule has 0 radical (unpaired) electrons. The molecule has 0 atom stereocenters. The largest absolute Gasteiger partial charge is 0.725 e. The first kappa shape index (κ1) is 22.6. The van der Waals surface area contributed by atoms with Crippen molar-refractivity contribution in [2.75, 3.05) is 0 Å². The highest BCUT2D eigenvalue weighted by Gasteiger charge is 2.38. The maximum absolute atomic E-state index is 14.3. The maximum atomic E-state index is 14.3. The lowest BCUT2D eigenvalue weighted by Gasteiger charge is -2.35. The predicted molar refractivity (Wildman–Crippen MR) is 139 cm³/mol. The zero-order valence-electron chi connectivity index (χ0n) is 19.5. The van der Waals surface area contributed by atoms with Crippen LogP contribution in [0.5, 0.6) is 0 Å². The van der Waals surface area contributed by atoms with Crippen molar-refractivity contribution in [1.82, 2.24) is 4.58 Å². The Morgan fingerprint density at radius 2 is 1.20 bits per heavy atom. The molecule has 0 amide bonds. The van der Waals surface area contributed by atoms with Crippen LogP contribution in [0.4, 0.5) is 20.0 Å². The van der Waals surface area contributed by atoms with Gasteiger partial charge in [-0.15, -0.1) is 0 Å². The van der Waals surface area contributed by atoms with Crippen LogP contribution in [0.3, 0.4) is 0 Å². The van der Waals surface area contributed by atoms with Gasteiger partial charge in [0.1, 0.15) is 0 Å². The maximum Gasteiger partial charge on any atom is 0.725 e. The quantitative estimate of drug-likeness (QED) is 0.295. The lowest BCUT2D eigenvalue weighted by molar-refractivity contribution is 0.172. The molecule has 0 saturated carbocycles. The molecule has 0 saturated heterocycles. The Bertz CT molecular complexity index is 1340. The van der Waals surface area contributed by atoms with Crippen LogP contribution in [0.25, 0.3) is 5.76 Å². The third kappa shape index (κ3) is 5.02. The Labute approximate surface area is 203 Å². The molecule has 1 aliphatic heterocycles. The van der Waals surface area contributed by atoms with Gasteiger partial charge >= 0.3 is 7.11 Å². The SMILES string of the molecule is Cc1ccc([N+](=C2C=CC(=C3C=C(c4ccccc4)O[B-](F)(F)O3)C=C2)c2ccc(C)cc2)cc1. The minimum absolute atomic E-state index is 0.0730. The van der Waals surface area contributed by atoms with Crippen LogP contribution in [0.15, 0.2) is 121 Å². The zero-order valence-corrected chi connectivity index (χ0v) is 19.5. The number of halogens is 2. The van der Waals surface area contributed by atoms with Gasteiger partial charge in [-0.2, -0.15) is 4.58 Å². The average molecular weight is 467 g/mol. The summed E-state index contributed by atoms with van der Waals surface area (Å²) in [6.45, 7) is 4.10. The van der Waals surface area contributed by atoms with Crippen molar-refractivity contribution in [2.45, 2.75) is 13.8 Å². The van der Waals surface area contributed by atoms with Crippen molar-refractivity contribution in [2.24, 2.45) is 0 Å². The lowest BCUT2D eigenvalue weighted by atomic mass is 10.0. The Hall–Kier alpha value is -4.19. The molecule has 3 nitrogen and oxygen atoms in total. The first-order chi connectivity index (χ1) is 16.9. The summed E-state index contributed by atoms with van der Waals surface area (Å²) in [5.41, 5.74) is 6.36. The number of aryl methyl sites for hydroxylation is 2. The van der Waals surface area contributed by atoms with Crippen LogP contribution >= 0.6 is 0 Å². The summed E-state index contributed by atoms with van der Waals surface area (Å²) < 4.78 is 40.6. The predicted octanol–water partition coefficient (Wildman–Crippen LogP) is 7.42. The molecule has 1 heterocycles. The fraction of sp³-hybridized carbons (Fsp3) is 0.0690. The summed E-state index contributed by atoms with van der Waals surface area (Å²) in [5, 5.41) is 0. The fourth-order valence-corrected chi connectivity index (χ4v) is 4.02. The number of hydrogen-bond acceptors (Lipinski definition) is 2. The van der Waals surface area contributed by atoms with Crippen molar-refractivity contribution in [3.8, 4) is 0 Å². The Morgan fingerprint density at radius 3 is 1.74 bits per heavy atom. The molecule has 0 spiro atoms. The second kappa shape index (κ2) is 9.22. The minimum atomic E-state index is -4.48. The second-order valence-electron chi connectivity index (χ2n) is 8.56. The average Bonchev–Trinajstić information content (AvgIpc) is 2.86. The van der Waals surface area contributed by atoms with Crippen LogP contribution in [0, 0.1) is 13.8 Å². The highest BCUT2D eigenvalue weighted by Crippen LogP contribution is 2.34. The number of hydrogen-bond donors (Lipinski definition) is 0. The summed E-state index contributed by atoms with van der Waals surface area (Å²) in [7, 11) is -4.48. The molecule has 3 aromatic carbocycles. The topological polar surface area (TPSA) is 21.5 Å². The molecule has 5 rings (SSSR count). The first-order valence-electron chi connectivity index (χ1n) is 11.4. The summed E-state index contributed by atoms with van der Waals surface area (Å²) in [4.78, 5) is 0. The van der Waals surface area contributed by atoms with Crippen molar-refractivity contribution in [3.05, 3.63) is 137 Å². The number of allylic oxidation sites excluding steroid dienone is 6. The van der Waals surface area contributed by atoms with Gasteiger partial charge in [0.15, 0.2) is 0 Å². The standard InChI is InChI=1S/C29H24BF2NO2/c1-21-8-14-25(15-9-21)33(26-16-10-22(2)11-17-26)27-18-12-24(13-19-27)29-20-28(34-30(31,32)35-29)23-6-4-3-5-7-23/h3-20H,1-2H3. The molecule has 6 heteroatoms. The molecule has 0 unspecified atom stereocenters. The van der Waals surface area contributed by atoms with E-state index < -0.39 is 7.11 Å². The summed E-state index contributed by atoms with van der Waals surface area (Å²) in [5.74, 6) is 0.158. The van der Waals surface area contributed by atoms with E-state index >= 15 is 0 Å². The van der Waals surface area contributed by atoms with Gasteiger partial charge in [0.25, 0.3) is 0 Å². The van der Waals surface area contributed by atoms with E-state index in [1.54, 1.807) is 36.4 Å². The van der Waals surface area contributed by atoms with E-state index in [9.17, 15) is 8.63 Å². The van der Waals surface area contributed by atoms with E-state index in [1.165, 1.54) is 17.2 Å². The smallest absolute Gasteiger partial charge is 0.627 e. The van der Waals surface area contributed by atoms with E-state index in [-0.39, 0.29) is 11.5 Å². The first-order valence-corrected chi connectivity index (χ1v) is 11.4. The van der Waals surface area contributed by atoms with E-state index in [4.69, 9.17) is 9.31 Å². The zero-order chi connectivity index (χ0) is 24.4. The van der Waals surface area contributed by atoms with Crippen LogP contribution in [-0.2, 0) is 9.31 Å². The molecule has 2 aliphatic rings. The van der Waals surface area contributed by atoms with Crippen molar-refractivity contribution < 1.29 is 17.9 Å². The number of nitrogens with zero attached hydrogens (tertiary/aromatic N) is 1. The third-order valence-electron chi connectivity index (χ3n) is 5.84. The minimum Gasteiger partial charge on any atom is -0.627 e. The van der Waals surface area contributed by atoms with Gasteiger partial charge in [-0.25, -0.2) is 0 Å². The third-order valence-corrected chi connectivity index (χ3v) is 5.84. The van der Waals surface area contributed by atoms with Crippen LogP contribution in [0.2, 0.25) is 0 Å². The van der Waals surface area contributed by atoms with Crippen LogP contribution < -0.4 is 4.58 Å². The Morgan fingerprint density at radius 1 is 0.657 bits per heavy atom. The van der Waals surface area contributed by atoms with Crippen molar-refractivity contribution in [1.29, 1.82) is 0 Å². The van der Waals surface area contributed by atoms with E-state index in [1.807, 2.05) is 32.1 Å². The van der Waals surface area contributed by atoms with E-state index in [0.29, 0.717) is 11.1 Å². The van der Waals surface area contributed by atoms with Gasteiger partial charge < -0.3 is 17.9 Å². The molecular formula is C29H24BF2NO2. The molecule has 1 aliphatic carbocycles. The van der Waals surface area contributed by atoms with E-state index in [0.717, 1.165) is 17.1 Å². The molecule has 174 valence electrons. The number of benzene rings is 3. The highest BCUT2D eigenvalue weighted by atomic mass is 19.3. The second-order valence-corrected chi connectivity index (χ2v) is 8.56. The molecule has 0 N–H and O–H groups in total. The summed E-state index contributed by atoms with van der Waals surface area (Å²) in [6, 6.07) is 25.4. The lowest BCUT2D eigenvalue weighted by Crippen LogP contribution is -2.34. The number of rotatable bonds is 3. The molecule has 35 heavy (non-hydrogen) atoms. The van der Waals surface area contributed by atoms with Gasteiger partial charge in [-0.05, 0) is 26.0 Å². The summed E-state index contributed by atoms with van der Waals surface area (Å²) >= 11 is 0. The van der Waals surface area contributed by atoms with Gasteiger partial charge in [-0.1, -0.05) is 65.7 Å². The Kier molecular flexibility index (Phi) is 5.95. The van der Waals surface area contributed by atoms with E-state index in [2.05, 4.69) is 53.1 Å². The van der Waals surface area contributed by atoms with Gasteiger partial charge in [-0.3, -0.25) is 0 Å². The van der Waals surface area contributed by atoms with Gasteiger partial charge in [0.05, 0.1) is 11.5 Å². The van der Waals surface area contributed by atoms with Crippen LogP contribution in [0.1, 0.15) is 16.7 Å². The van der Waals surface area contributed by atoms with Gasteiger partial charge in [0.2, 0.25) is 17.1 Å². The van der Waals surface area contributed by atoms with Crippen molar-refractivity contribution >= 4 is 30.0 Å². The molecule has 0 aromatic heterocycles. The Balaban J connectivity index is 1.57. The molecule has 3 aromatic rings. The fourth-order valence-electron chi connectivity index (χ4n) is 4.02. The van der Waals surface area contributed by atoms with Crippen molar-refractivity contribution in [3.63, 3.8) is 0 Å². The monoisotopic (exact) mass is 467 g/mol. The summed E-state index contributed by atoms with van der Waals surface area (Å²) in [6.07, 6.45) is 8.90. The normalized spacial score (nSPS) is 16.5. The van der Waals surface area contributed by atoms with Gasteiger partial charge in [0, 0.05) is 53.6 Å². The molecule has 0 fully saturated rings. The molecule has 0 bridgehead atoms.